The van der Waals surface area contributed by atoms with Crippen molar-refractivity contribution in [1.82, 2.24) is 9.97 Å². The molecule has 0 aliphatic carbocycles. The quantitative estimate of drug-likeness (QED) is 0.754. The molecule has 0 fully saturated rings. The SMILES string of the molecule is CCC1N=C(Nc2nc(-c3ccccc3C)nc3ccccc23)N=C1C. The molecule has 0 radical (unpaired) electrons. The highest BCUT2D eigenvalue weighted by Crippen LogP contribution is 2.27. The molecule has 0 bridgehead atoms. The minimum Gasteiger partial charge on any atom is -0.308 e. The van der Waals surface area contributed by atoms with E-state index >= 15 is 0 Å². The number of guanidine groups is 1. The van der Waals surface area contributed by atoms with Crippen molar-refractivity contribution in [1.29, 1.82) is 0 Å². The lowest BCUT2D eigenvalue weighted by Crippen LogP contribution is -2.11. The molecule has 0 amide bonds. The lowest BCUT2D eigenvalue weighted by Gasteiger charge is -2.11. The van der Waals surface area contributed by atoms with Gasteiger partial charge in [0.1, 0.15) is 5.82 Å². The van der Waals surface area contributed by atoms with Crippen LogP contribution in [0.15, 0.2) is 58.5 Å². The molecular formula is C21H21N5. The number of benzene rings is 2. The summed E-state index contributed by atoms with van der Waals surface area (Å²) in [6.45, 7) is 6.21. The second-order valence-corrected chi connectivity index (χ2v) is 6.48. The molecule has 4 rings (SSSR count). The van der Waals surface area contributed by atoms with Crippen molar-refractivity contribution in [2.24, 2.45) is 9.98 Å². The van der Waals surface area contributed by atoms with E-state index in [4.69, 9.17) is 9.97 Å². The minimum absolute atomic E-state index is 0.154. The number of nitrogens with one attached hydrogen (secondary N) is 1. The number of fused-ring (bicyclic) bond motifs is 1. The van der Waals surface area contributed by atoms with Gasteiger partial charge < -0.3 is 5.32 Å². The third-order valence-corrected chi connectivity index (χ3v) is 4.65. The summed E-state index contributed by atoms with van der Waals surface area (Å²) in [4.78, 5) is 18.8. The van der Waals surface area contributed by atoms with Gasteiger partial charge in [-0.15, -0.1) is 0 Å². The standard InChI is InChI=1S/C21H21N5/c1-4-17-14(3)22-21(24-17)26-20-16-11-7-8-12-18(16)23-19(25-20)15-10-6-5-9-13(15)2/h5-12,17H,4H2,1-3H3,(H,23,24,25,26). The highest BCUT2D eigenvalue weighted by molar-refractivity contribution is 6.11. The van der Waals surface area contributed by atoms with Crippen LogP contribution >= 0.6 is 0 Å². The van der Waals surface area contributed by atoms with Crippen molar-refractivity contribution in [3.05, 3.63) is 54.1 Å². The van der Waals surface area contributed by atoms with Gasteiger partial charge in [0.05, 0.1) is 11.6 Å². The summed E-state index contributed by atoms with van der Waals surface area (Å²) in [5.41, 5.74) is 4.11. The van der Waals surface area contributed by atoms with E-state index in [2.05, 4.69) is 35.2 Å². The van der Waals surface area contributed by atoms with Gasteiger partial charge >= 0.3 is 0 Å². The zero-order valence-corrected chi connectivity index (χ0v) is 15.2. The van der Waals surface area contributed by atoms with Gasteiger partial charge in [0.2, 0.25) is 5.96 Å². The van der Waals surface area contributed by atoms with Crippen LogP contribution < -0.4 is 5.32 Å². The number of aliphatic imine (C=N–C) groups is 2. The number of hydrogen-bond acceptors (Lipinski definition) is 5. The van der Waals surface area contributed by atoms with Crippen LogP contribution in [0.5, 0.6) is 0 Å². The summed E-state index contributed by atoms with van der Waals surface area (Å²) in [7, 11) is 0. The molecule has 1 atom stereocenters. The van der Waals surface area contributed by atoms with E-state index in [1.807, 2.05) is 49.4 Å². The third-order valence-electron chi connectivity index (χ3n) is 4.65. The van der Waals surface area contributed by atoms with Gasteiger partial charge in [0.25, 0.3) is 0 Å². The molecule has 3 aromatic rings. The summed E-state index contributed by atoms with van der Waals surface area (Å²) in [6, 6.07) is 16.3. The van der Waals surface area contributed by atoms with E-state index in [-0.39, 0.29) is 6.04 Å². The Morgan fingerprint density at radius 2 is 1.73 bits per heavy atom. The smallest absolute Gasteiger partial charge is 0.224 e. The first-order valence-electron chi connectivity index (χ1n) is 8.88. The van der Waals surface area contributed by atoms with Crippen LogP contribution in [0.2, 0.25) is 0 Å². The number of para-hydroxylation sites is 1. The maximum Gasteiger partial charge on any atom is 0.224 e. The molecule has 1 aliphatic heterocycles. The van der Waals surface area contributed by atoms with Crippen LogP contribution in [0, 0.1) is 6.92 Å². The number of anilines is 1. The molecule has 1 aromatic heterocycles. The van der Waals surface area contributed by atoms with E-state index in [1.54, 1.807) is 0 Å². The zero-order chi connectivity index (χ0) is 18.1. The lowest BCUT2D eigenvalue weighted by molar-refractivity contribution is 0.832. The lowest BCUT2D eigenvalue weighted by atomic mass is 10.1. The third kappa shape index (κ3) is 2.96. The van der Waals surface area contributed by atoms with Crippen molar-refractivity contribution in [2.45, 2.75) is 33.2 Å². The van der Waals surface area contributed by atoms with Gasteiger partial charge in [-0.05, 0) is 38.0 Å². The van der Waals surface area contributed by atoms with E-state index in [0.717, 1.165) is 40.0 Å². The van der Waals surface area contributed by atoms with Crippen molar-refractivity contribution >= 4 is 28.4 Å². The maximum atomic E-state index is 4.80. The Balaban J connectivity index is 1.82. The molecule has 1 N–H and O–H groups in total. The summed E-state index contributed by atoms with van der Waals surface area (Å²) in [5.74, 6) is 2.06. The van der Waals surface area contributed by atoms with Crippen molar-refractivity contribution in [2.75, 3.05) is 5.32 Å². The molecule has 26 heavy (non-hydrogen) atoms. The number of aromatic nitrogens is 2. The first-order valence-corrected chi connectivity index (χ1v) is 8.88. The van der Waals surface area contributed by atoms with E-state index in [1.165, 1.54) is 0 Å². The average Bonchev–Trinajstić information content (AvgIpc) is 3.01. The van der Waals surface area contributed by atoms with E-state index in [0.29, 0.717) is 11.8 Å². The normalized spacial score (nSPS) is 16.5. The highest BCUT2D eigenvalue weighted by Gasteiger charge is 2.19. The summed E-state index contributed by atoms with van der Waals surface area (Å²) in [5, 5.41) is 4.28. The predicted molar refractivity (Wildman–Crippen MR) is 108 cm³/mol. The Bertz CT molecular complexity index is 1040. The van der Waals surface area contributed by atoms with Crippen molar-refractivity contribution in [3.63, 3.8) is 0 Å². The van der Waals surface area contributed by atoms with Gasteiger partial charge in [-0.2, -0.15) is 0 Å². The van der Waals surface area contributed by atoms with Gasteiger partial charge in [-0.1, -0.05) is 43.3 Å². The van der Waals surface area contributed by atoms with Crippen LogP contribution in [0.25, 0.3) is 22.3 Å². The fraction of sp³-hybridized carbons (Fsp3) is 0.238. The first-order chi connectivity index (χ1) is 12.7. The van der Waals surface area contributed by atoms with Crippen LogP contribution in [0.4, 0.5) is 5.82 Å². The number of rotatable bonds is 3. The molecule has 1 aliphatic rings. The highest BCUT2D eigenvalue weighted by atomic mass is 15.2. The first kappa shape index (κ1) is 16.4. The fourth-order valence-electron chi connectivity index (χ4n) is 3.18. The zero-order valence-electron chi connectivity index (χ0n) is 15.2. The molecule has 0 saturated carbocycles. The van der Waals surface area contributed by atoms with Gasteiger partial charge in [-0.3, -0.25) is 0 Å². The van der Waals surface area contributed by atoms with Crippen LogP contribution in [0.1, 0.15) is 25.8 Å². The van der Waals surface area contributed by atoms with E-state index < -0.39 is 0 Å². The second kappa shape index (κ2) is 6.67. The molecule has 5 nitrogen and oxygen atoms in total. The Hall–Kier alpha value is -3.08. The van der Waals surface area contributed by atoms with Gasteiger partial charge in [0.15, 0.2) is 5.82 Å². The minimum atomic E-state index is 0.154. The second-order valence-electron chi connectivity index (χ2n) is 6.48. The molecule has 1 unspecified atom stereocenters. The predicted octanol–water partition coefficient (Wildman–Crippen LogP) is 4.63. The van der Waals surface area contributed by atoms with Crippen molar-refractivity contribution in [3.8, 4) is 11.4 Å². The van der Waals surface area contributed by atoms with Gasteiger partial charge in [-0.25, -0.2) is 20.0 Å². The molecule has 2 heterocycles. The Morgan fingerprint density at radius 3 is 2.50 bits per heavy atom. The Labute approximate surface area is 152 Å². The summed E-state index contributed by atoms with van der Waals surface area (Å²) in [6.07, 6.45) is 0.944. The average molecular weight is 343 g/mol. The molecule has 5 heteroatoms. The van der Waals surface area contributed by atoms with Crippen molar-refractivity contribution < 1.29 is 0 Å². The molecule has 2 aromatic carbocycles. The topological polar surface area (TPSA) is 62.5 Å². The maximum absolute atomic E-state index is 4.80. The summed E-state index contributed by atoms with van der Waals surface area (Å²) < 4.78 is 0. The molecule has 130 valence electrons. The fourth-order valence-corrected chi connectivity index (χ4v) is 3.18. The number of hydrogen-bond donors (Lipinski definition) is 1. The summed E-state index contributed by atoms with van der Waals surface area (Å²) >= 11 is 0. The monoisotopic (exact) mass is 343 g/mol. The molecular weight excluding hydrogens is 322 g/mol. The van der Waals surface area contributed by atoms with Crippen LogP contribution in [-0.2, 0) is 0 Å². The van der Waals surface area contributed by atoms with Gasteiger partial charge in [0, 0.05) is 16.7 Å². The molecule has 0 spiro atoms. The largest absolute Gasteiger partial charge is 0.308 e. The van der Waals surface area contributed by atoms with Crippen LogP contribution in [0.3, 0.4) is 0 Å². The van der Waals surface area contributed by atoms with E-state index in [9.17, 15) is 0 Å². The van der Waals surface area contributed by atoms with Crippen LogP contribution in [-0.4, -0.2) is 27.7 Å². The Morgan fingerprint density at radius 1 is 0.962 bits per heavy atom. The number of aryl methyl sites for hydroxylation is 1. The number of nitrogens with zero attached hydrogens (tertiary/aromatic N) is 4. The Kier molecular flexibility index (Phi) is 4.21. The molecule has 0 saturated heterocycles.